The van der Waals surface area contributed by atoms with Crippen LogP contribution in [0, 0.1) is 6.92 Å². The second-order valence-electron chi connectivity index (χ2n) is 4.80. The largest absolute Gasteiger partial charge is 0.394 e. The molecule has 0 radical (unpaired) electrons. The third-order valence-corrected chi connectivity index (χ3v) is 3.37. The van der Waals surface area contributed by atoms with Gasteiger partial charge in [-0.25, -0.2) is 0 Å². The highest BCUT2D eigenvalue weighted by Gasteiger charge is 2.34. The fourth-order valence-electron chi connectivity index (χ4n) is 2.21. The number of hydrogen-bond acceptors (Lipinski definition) is 4. The first-order chi connectivity index (χ1) is 8.56. The highest BCUT2D eigenvalue weighted by atomic mass is 16.5. The number of rotatable bonds is 3. The minimum Gasteiger partial charge on any atom is -0.394 e. The molecule has 0 aliphatic carbocycles. The first kappa shape index (κ1) is 13.0. The van der Waals surface area contributed by atoms with Gasteiger partial charge in [0.25, 0.3) is 5.91 Å². The van der Waals surface area contributed by atoms with Gasteiger partial charge in [0.1, 0.15) is 5.69 Å². The summed E-state index contributed by atoms with van der Waals surface area (Å²) in [6.07, 6.45) is 1.26. The molecule has 6 heteroatoms. The topological polar surface area (TPSA) is 76.4 Å². The molecule has 0 bridgehead atoms. The molecule has 1 saturated heterocycles. The summed E-state index contributed by atoms with van der Waals surface area (Å²) in [7, 11) is 1.73. The van der Waals surface area contributed by atoms with Gasteiger partial charge in [0.05, 0.1) is 17.8 Å². The molecule has 1 aromatic heterocycles. The number of hydrogen-bond donors (Lipinski definition) is 2. The first-order valence-electron chi connectivity index (χ1n) is 6.08. The summed E-state index contributed by atoms with van der Waals surface area (Å²) in [5, 5.41) is 16.6. The molecule has 1 aromatic rings. The minimum atomic E-state index is -0.562. The SMILES string of the molecule is Cc1cc(C(=O)NC2(CO)CCOCC2)n(C)n1. The van der Waals surface area contributed by atoms with E-state index in [1.807, 2.05) is 6.92 Å². The van der Waals surface area contributed by atoms with Crippen molar-refractivity contribution in [1.29, 1.82) is 0 Å². The lowest BCUT2D eigenvalue weighted by molar-refractivity contribution is 0.0123. The molecule has 6 nitrogen and oxygen atoms in total. The normalized spacial score (nSPS) is 18.6. The summed E-state index contributed by atoms with van der Waals surface area (Å²) in [6, 6.07) is 1.74. The predicted octanol–water partition coefficient (Wildman–Crippen LogP) is -0.000180. The lowest BCUT2D eigenvalue weighted by Crippen LogP contribution is -2.54. The van der Waals surface area contributed by atoms with E-state index in [-0.39, 0.29) is 12.5 Å². The molecule has 1 amide bonds. The average Bonchev–Trinajstić information content (AvgIpc) is 2.70. The van der Waals surface area contributed by atoms with Crippen LogP contribution in [-0.2, 0) is 11.8 Å². The Morgan fingerprint density at radius 2 is 2.28 bits per heavy atom. The van der Waals surface area contributed by atoms with Crippen LogP contribution in [0.4, 0.5) is 0 Å². The molecule has 2 heterocycles. The zero-order valence-electron chi connectivity index (χ0n) is 10.8. The number of aromatic nitrogens is 2. The van der Waals surface area contributed by atoms with Gasteiger partial charge in [-0.3, -0.25) is 9.48 Å². The molecule has 1 aliphatic rings. The van der Waals surface area contributed by atoms with E-state index in [0.29, 0.717) is 31.7 Å². The summed E-state index contributed by atoms with van der Waals surface area (Å²) in [6.45, 7) is 2.89. The number of aliphatic hydroxyl groups excluding tert-OH is 1. The minimum absolute atomic E-state index is 0.0705. The predicted molar refractivity (Wildman–Crippen MR) is 65.3 cm³/mol. The van der Waals surface area contributed by atoms with Crippen LogP contribution < -0.4 is 5.32 Å². The van der Waals surface area contributed by atoms with Gasteiger partial charge in [-0.1, -0.05) is 0 Å². The van der Waals surface area contributed by atoms with Gasteiger partial charge in [0.15, 0.2) is 0 Å². The van der Waals surface area contributed by atoms with Crippen LogP contribution in [0.5, 0.6) is 0 Å². The van der Waals surface area contributed by atoms with Crippen LogP contribution in [0.25, 0.3) is 0 Å². The van der Waals surface area contributed by atoms with Gasteiger partial charge < -0.3 is 15.2 Å². The molecule has 100 valence electrons. The van der Waals surface area contributed by atoms with Crippen LogP contribution in [0.1, 0.15) is 29.0 Å². The van der Waals surface area contributed by atoms with Crippen LogP contribution in [0.15, 0.2) is 6.07 Å². The first-order valence-corrected chi connectivity index (χ1v) is 6.08. The third kappa shape index (κ3) is 2.54. The van der Waals surface area contributed by atoms with Gasteiger partial charge in [0.2, 0.25) is 0 Å². The van der Waals surface area contributed by atoms with E-state index < -0.39 is 5.54 Å². The van der Waals surface area contributed by atoms with Crippen molar-refractivity contribution in [3.8, 4) is 0 Å². The van der Waals surface area contributed by atoms with Gasteiger partial charge >= 0.3 is 0 Å². The number of nitrogens with zero attached hydrogens (tertiary/aromatic N) is 2. The van der Waals surface area contributed by atoms with Crippen molar-refractivity contribution in [2.24, 2.45) is 7.05 Å². The molecule has 18 heavy (non-hydrogen) atoms. The van der Waals surface area contributed by atoms with E-state index in [2.05, 4.69) is 10.4 Å². The van der Waals surface area contributed by atoms with Gasteiger partial charge in [-0.2, -0.15) is 5.10 Å². The zero-order valence-corrected chi connectivity index (χ0v) is 10.8. The van der Waals surface area contributed by atoms with Gasteiger partial charge in [-0.15, -0.1) is 0 Å². The standard InChI is InChI=1S/C12H19N3O3/c1-9-7-10(15(2)14-9)11(17)13-12(8-16)3-5-18-6-4-12/h7,16H,3-6,8H2,1-2H3,(H,13,17). The van der Waals surface area contributed by atoms with Crippen molar-refractivity contribution >= 4 is 5.91 Å². The van der Waals surface area contributed by atoms with Crippen molar-refractivity contribution in [2.45, 2.75) is 25.3 Å². The van der Waals surface area contributed by atoms with E-state index in [9.17, 15) is 9.90 Å². The molecule has 2 N–H and O–H groups in total. The Hall–Kier alpha value is -1.40. The monoisotopic (exact) mass is 253 g/mol. The highest BCUT2D eigenvalue weighted by Crippen LogP contribution is 2.20. The Kier molecular flexibility index (Phi) is 3.68. The Balaban J connectivity index is 2.12. The average molecular weight is 253 g/mol. The van der Waals surface area contributed by atoms with Crippen LogP contribution in [-0.4, -0.2) is 46.2 Å². The number of carbonyl (C=O) groups is 1. The van der Waals surface area contributed by atoms with E-state index in [4.69, 9.17) is 4.74 Å². The Bertz CT molecular complexity index is 436. The number of aliphatic hydroxyl groups is 1. The third-order valence-electron chi connectivity index (χ3n) is 3.37. The zero-order chi connectivity index (χ0) is 13.2. The molecule has 0 aromatic carbocycles. The molecule has 0 spiro atoms. The summed E-state index contributed by atoms with van der Waals surface area (Å²) in [5.74, 6) is -0.200. The van der Waals surface area contributed by atoms with Crippen LogP contribution in [0.2, 0.25) is 0 Å². The van der Waals surface area contributed by atoms with Gasteiger partial charge in [-0.05, 0) is 25.8 Å². The Labute approximate surface area is 106 Å². The second-order valence-corrected chi connectivity index (χ2v) is 4.80. The second kappa shape index (κ2) is 5.07. The molecular formula is C12H19N3O3. The Morgan fingerprint density at radius 3 is 2.78 bits per heavy atom. The quantitative estimate of drug-likeness (QED) is 0.795. The van der Waals surface area contributed by atoms with Crippen molar-refractivity contribution in [3.63, 3.8) is 0 Å². The van der Waals surface area contributed by atoms with Crippen molar-refractivity contribution < 1.29 is 14.6 Å². The lowest BCUT2D eigenvalue weighted by Gasteiger charge is -2.36. The number of ether oxygens (including phenoxy) is 1. The van der Waals surface area contributed by atoms with Gasteiger partial charge in [0, 0.05) is 20.3 Å². The maximum absolute atomic E-state index is 12.2. The number of aryl methyl sites for hydroxylation is 2. The van der Waals surface area contributed by atoms with E-state index in [1.165, 1.54) is 0 Å². The molecule has 1 fully saturated rings. The smallest absolute Gasteiger partial charge is 0.270 e. The maximum atomic E-state index is 12.2. The van der Waals surface area contributed by atoms with E-state index in [0.717, 1.165) is 5.69 Å². The van der Waals surface area contributed by atoms with E-state index >= 15 is 0 Å². The highest BCUT2D eigenvalue weighted by molar-refractivity contribution is 5.93. The summed E-state index contributed by atoms with van der Waals surface area (Å²) >= 11 is 0. The molecule has 0 unspecified atom stereocenters. The fraction of sp³-hybridized carbons (Fsp3) is 0.667. The number of amides is 1. The summed E-state index contributed by atoms with van der Waals surface area (Å²) < 4.78 is 6.81. The van der Waals surface area contributed by atoms with Crippen LogP contribution in [0.3, 0.4) is 0 Å². The molecule has 0 saturated carbocycles. The number of carbonyl (C=O) groups excluding carboxylic acids is 1. The summed E-state index contributed by atoms with van der Waals surface area (Å²) in [4.78, 5) is 12.2. The maximum Gasteiger partial charge on any atom is 0.270 e. The molecule has 2 rings (SSSR count). The fourth-order valence-corrected chi connectivity index (χ4v) is 2.21. The van der Waals surface area contributed by atoms with Crippen molar-refractivity contribution in [3.05, 3.63) is 17.5 Å². The summed E-state index contributed by atoms with van der Waals surface area (Å²) in [5.41, 5.74) is 0.743. The van der Waals surface area contributed by atoms with E-state index in [1.54, 1.807) is 17.8 Å². The molecular weight excluding hydrogens is 234 g/mol. The molecule has 1 aliphatic heterocycles. The van der Waals surface area contributed by atoms with Crippen molar-refractivity contribution in [2.75, 3.05) is 19.8 Å². The van der Waals surface area contributed by atoms with Crippen LogP contribution >= 0.6 is 0 Å². The molecule has 0 atom stereocenters. The number of nitrogens with one attached hydrogen (secondary N) is 1. The Morgan fingerprint density at radius 1 is 1.61 bits per heavy atom. The lowest BCUT2D eigenvalue weighted by atomic mass is 9.91. The van der Waals surface area contributed by atoms with Crippen molar-refractivity contribution in [1.82, 2.24) is 15.1 Å².